The molecule has 1 aromatic carbocycles. The van der Waals surface area contributed by atoms with E-state index in [2.05, 4.69) is 20.5 Å². The summed E-state index contributed by atoms with van der Waals surface area (Å²) in [6.07, 6.45) is 1.20. The summed E-state index contributed by atoms with van der Waals surface area (Å²) in [5.41, 5.74) is 12.0. The maximum atomic E-state index is 12.2. The van der Waals surface area contributed by atoms with Crippen molar-refractivity contribution in [3.63, 3.8) is 0 Å². The first-order valence-electron chi connectivity index (χ1n) is 10.5. The molecule has 0 saturated carbocycles. The molecule has 2 amide bonds. The number of hydrogen-bond acceptors (Lipinski definition) is 10. The molecule has 1 atom stereocenters. The number of nitrogens with one attached hydrogen (secondary N) is 1. The Hall–Kier alpha value is -3.77. The van der Waals surface area contributed by atoms with E-state index in [0.29, 0.717) is 23.7 Å². The van der Waals surface area contributed by atoms with Gasteiger partial charge in [0.15, 0.2) is 11.6 Å². The van der Waals surface area contributed by atoms with Crippen LogP contribution in [0.3, 0.4) is 0 Å². The van der Waals surface area contributed by atoms with Gasteiger partial charge in [-0.2, -0.15) is 0 Å². The van der Waals surface area contributed by atoms with Crippen LogP contribution in [0.2, 0.25) is 0 Å². The fourth-order valence-electron chi connectivity index (χ4n) is 3.22. The SMILES string of the molecule is NCCC(=O)Nc1ccc(/N=N/c2ccccc2OCOC(=O)N2CCCC2CO)c(N)n1. The van der Waals surface area contributed by atoms with Gasteiger partial charge >= 0.3 is 6.09 Å². The van der Waals surface area contributed by atoms with E-state index in [1.165, 1.54) is 4.90 Å². The standard InChI is InChI=1S/C21H27N7O5/c22-10-9-19(30)24-18-8-7-16(20(23)25-18)27-26-15-5-1-2-6-17(15)32-13-33-21(31)28-11-3-4-14(28)12-29/h1-2,5-8,14,29H,3-4,9-13,22H2,(H3,23,24,25,30)/b27-26+. The number of nitrogens with two attached hydrogens (primary N) is 2. The molecule has 176 valence electrons. The third kappa shape index (κ3) is 6.60. The number of likely N-dealkylation sites (tertiary alicyclic amines) is 1. The normalized spacial score (nSPS) is 15.6. The van der Waals surface area contributed by atoms with Crippen molar-refractivity contribution in [3.8, 4) is 5.75 Å². The van der Waals surface area contributed by atoms with Crippen molar-refractivity contribution >= 4 is 35.0 Å². The van der Waals surface area contributed by atoms with Gasteiger partial charge in [0.1, 0.15) is 17.2 Å². The molecule has 1 saturated heterocycles. The number of aliphatic hydroxyl groups excluding tert-OH is 1. The summed E-state index contributed by atoms with van der Waals surface area (Å²) in [6, 6.07) is 9.73. The zero-order valence-corrected chi connectivity index (χ0v) is 18.0. The number of carbonyl (C=O) groups is 2. The molecule has 1 unspecified atom stereocenters. The van der Waals surface area contributed by atoms with Crippen LogP contribution in [-0.4, -0.2) is 59.5 Å². The number of aliphatic hydroxyl groups is 1. The van der Waals surface area contributed by atoms with Crippen molar-refractivity contribution in [1.82, 2.24) is 9.88 Å². The van der Waals surface area contributed by atoms with Crippen molar-refractivity contribution in [2.75, 3.05) is 37.5 Å². The van der Waals surface area contributed by atoms with E-state index >= 15 is 0 Å². The van der Waals surface area contributed by atoms with Gasteiger partial charge in [-0.15, -0.1) is 10.2 Å². The molecular weight excluding hydrogens is 430 g/mol. The zero-order chi connectivity index (χ0) is 23.6. The van der Waals surface area contributed by atoms with Gasteiger partial charge in [-0.25, -0.2) is 9.78 Å². The second-order valence-corrected chi connectivity index (χ2v) is 7.20. The van der Waals surface area contributed by atoms with Gasteiger partial charge in [0.05, 0.1) is 12.6 Å². The minimum atomic E-state index is -0.539. The molecule has 3 rings (SSSR count). The Balaban J connectivity index is 1.60. The van der Waals surface area contributed by atoms with Crippen LogP contribution < -0.4 is 21.5 Å². The molecule has 33 heavy (non-hydrogen) atoms. The lowest BCUT2D eigenvalue weighted by Crippen LogP contribution is -2.38. The van der Waals surface area contributed by atoms with Crippen molar-refractivity contribution < 1.29 is 24.2 Å². The molecule has 12 heteroatoms. The summed E-state index contributed by atoms with van der Waals surface area (Å²) in [7, 11) is 0. The van der Waals surface area contributed by atoms with E-state index in [0.717, 1.165) is 12.8 Å². The van der Waals surface area contributed by atoms with Crippen LogP contribution in [0.4, 0.5) is 27.8 Å². The predicted molar refractivity (Wildman–Crippen MR) is 120 cm³/mol. The number of carbonyl (C=O) groups excluding carboxylic acids is 2. The van der Waals surface area contributed by atoms with Gasteiger partial charge in [0, 0.05) is 19.5 Å². The lowest BCUT2D eigenvalue weighted by atomic mass is 10.2. The summed E-state index contributed by atoms with van der Waals surface area (Å²) in [5, 5.41) is 20.2. The summed E-state index contributed by atoms with van der Waals surface area (Å²) in [4.78, 5) is 29.4. The average Bonchev–Trinajstić information content (AvgIpc) is 3.28. The van der Waals surface area contributed by atoms with E-state index in [4.69, 9.17) is 20.9 Å². The largest absolute Gasteiger partial charge is 0.455 e. The number of benzene rings is 1. The third-order valence-electron chi connectivity index (χ3n) is 4.89. The number of hydrogen-bond donors (Lipinski definition) is 4. The number of aromatic nitrogens is 1. The lowest BCUT2D eigenvalue weighted by Gasteiger charge is -2.22. The molecule has 0 radical (unpaired) electrons. The predicted octanol–water partition coefficient (Wildman–Crippen LogP) is 2.30. The molecular formula is C21H27N7O5. The molecule has 1 aromatic heterocycles. The van der Waals surface area contributed by atoms with Crippen LogP contribution in [0, 0.1) is 0 Å². The van der Waals surface area contributed by atoms with Crippen molar-refractivity contribution in [1.29, 1.82) is 0 Å². The Kier molecular flexibility index (Phi) is 8.49. The zero-order valence-electron chi connectivity index (χ0n) is 18.0. The highest BCUT2D eigenvalue weighted by Gasteiger charge is 2.29. The lowest BCUT2D eigenvalue weighted by molar-refractivity contribution is -0.116. The quantitative estimate of drug-likeness (QED) is 0.327. The highest BCUT2D eigenvalue weighted by Crippen LogP contribution is 2.30. The van der Waals surface area contributed by atoms with E-state index in [1.54, 1.807) is 36.4 Å². The summed E-state index contributed by atoms with van der Waals surface area (Å²) in [5.74, 6) is 0.464. The number of anilines is 2. The topological polar surface area (TPSA) is 178 Å². The number of para-hydroxylation sites is 1. The third-order valence-corrected chi connectivity index (χ3v) is 4.89. The Bertz CT molecular complexity index is 1000. The van der Waals surface area contributed by atoms with Crippen LogP contribution >= 0.6 is 0 Å². The van der Waals surface area contributed by atoms with E-state index in [9.17, 15) is 14.7 Å². The molecule has 2 aromatic rings. The summed E-state index contributed by atoms with van der Waals surface area (Å²) < 4.78 is 10.7. The monoisotopic (exact) mass is 457 g/mol. The maximum Gasteiger partial charge on any atom is 0.412 e. The van der Waals surface area contributed by atoms with Gasteiger partial charge in [0.2, 0.25) is 12.7 Å². The van der Waals surface area contributed by atoms with Gasteiger partial charge in [-0.3, -0.25) is 4.79 Å². The molecule has 2 heterocycles. The van der Waals surface area contributed by atoms with Crippen LogP contribution in [0.25, 0.3) is 0 Å². The smallest absolute Gasteiger partial charge is 0.412 e. The van der Waals surface area contributed by atoms with Crippen LogP contribution in [0.15, 0.2) is 46.6 Å². The first-order chi connectivity index (χ1) is 16.0. The Morgan fingerprint density at radius 1 is 1.21 bits per heavy atom. The van der Waals surface area contributed by atoms with Crippen LogP contribution in [0.5, 0.6) is 5.75 Å². The number of amides is 2. The number of pyridine rings is 1. The van der Waals surface area contributed by atoms with E-state index < -0.39 is 6.09 Å². The number of azo groups is 1. The molecule has 0 spiro atoms. The first kappa shape index (κ1) is 23.9. The Labute approximate surface area is 190 Å². The highest BCUT2D eigenvalue weighted by atomic mass is 16.7. The molecule has 0 bridgehead atoms. The van der Waals surface area contributed by atoms with Gasteiger partial charge in [0.25, 0.3) is 0 Å². The Morgan fingerprint density at radius 3 is 2.76 bits per heavy atom. The van der Waals surface area contributed by atoms with Crippen molar-refractivity contribution in [2.45, 2.75) is 25.3 Å². The molecule has 1 aliphatic heterocycles. The molecule has 6 N–H and O–H groups in total. The molecule has 1 fully saturated rings. The highest BCUT2D eigenvalue weighted by molar-refractivity contribution is 5.90. The van der Waals surface area contributed by atoms with Crippen molar-refractivity contribution in [2.24, 2.45) is 16.0 Å². The second kappa shape index (κ2) is 11.7. The number of rotatable bonds is 9. The second-order valence-electron chi connectivity index (χ2n) is 7.20. The van der Waals surface area contributed by atoms with Gasteiger partial charge in [-0.1, -0.05) is 12.1 Å². The van der Waals surface area contributed by atoms with Crippen LogP contribution in [-0.2, 0) is 9.53 Å². The molecule has 1 aliphatic rings. The van der Waals surface area contributed by atoms with E-state index in [1.807, 2.05) is 0 Å². The van der Waals surface area contributed by atoms with Crippen molar-refractivity contribution in [3.05, 3.63) is 36.4 Å². The van der Waals surface area contributed by atoms with Gasteiger partial charge in [-0.05, 0) is 37.1 Å². The van der Waals surface area contributed by atoms with E-state index in [-0.39, 0.29) is 50.0 Å². The molecule has 12 nitrogen and oxygen atoms in total. The first-order valence-corrected chi connectivity index (χ1v) is 10.5. The Morgan fingerprint density at radius 2 is 2.00 bits per heavy atom. The minimum Gasteiger partial charge on any atom is -0.455 e. The van der Waals surface area contributed by atoms with Gasteiger partial charge < -0.3 is 36.3 Å². The average molecular weight is 457 g/mol. The number of nitrogen functional groups attached to an aromatic ring is 1. The molecule has 0 aliphatic carbocycles. The fraction of sp³-hybridized carbons (Fsp3) is 0.381. The fourth-order valence-corrected chi connectivity index (χ4v) is 3.22. The number of ether oxygens (including phenoxy) is 2. The maximum absolute atomic E-state index is 12.2. The number of nitrogens with zero attached hydrogens (tertiary/aromatic N) is 4. The summed E-state index contributed by atoms with van der Waals surface area (Å²) in [6.45, 7) is 0.356. The minimum absolute atomic E-state index is 0.0840. The van der Waals surface area contributed by atoms with Crippen LogP contribution in [0.1, 0.15) is 19.3 Å². The summed E-state index contributed by atoms with van der Waals surface area (Å²) >= 11 is 0.